The molecule has 0 fully saturated rings. The van der Waals surface area contributed by atoms with Crippen LogP contribution in [0.2, 0.25) is 0 Å². The van der Waals surface area contributed by atoms with Gasteiger partial charge in [-0.2, -0.15) is 0 Å². The van der Waals surface area contributed by atoms with Crippen LogP contribution in [-0.2, 0) is 0 Å². The van der Waals surface area contributed by atoms with E-state index in [0.29, 0.717) is 17.7 Å². The fraction of sp³-hybridized carbons (Fsp3) is 0.105. The average molecular weight is 387 g/mol. The molecule has 0 atom stereocenters. The van der Waals surface area contributed by atoms with Crippen LogP contribution in [0.4, 0.5) is 0 Å². The van der Waals surface area contributed by atoms with Gasteiger partial charge in [-0.25, -0.2) is 4.79 Å². The number of carbonyl (C=O) groups is 1. The molecule has 122 valence electrons. The van der Waals surface area contributed by atoms with Crippen molar-refractivity contribution in [3.63, 3.8) is 0 Å². The molecule has 0 aromatic heterocycles. The molecule has 0 aliphatic rings. The van der Waals surface area contributed by atoms with E-state index in [9.17, 15) is 9.90 Å². The standard InChI is InChI=1S/C19H15BrO4/c20-14-6-8-15(9-7-14)23-11-12-24-17-10-5-13-3-1-2-4-16(13)18(17)19(21)22/h1-10H,11-12H2,(H,21,22). The molecular formula is C19H15BrO4. The summed E-state index contributed by atoms with van der Waals surface area (Å²) in [6, 6.07) is 18.4. The Morgan fingerprint density at radius 1 is 0.917 bits per heavy atom. The number of rotatable bonds is 6. The third-order valence-electron chi connectivity index (χ3n) is 3.53. The number of halogens is 1. The molecule has 0 unspecified atom stereocenters. The van der Waals surface area contributed by atoms with E-state index in [1.54, 1.807) is 12.1 Å². The van der Waals surface area contributed by atoms with Crippen molar-refractivity contribution in [1.29, 1.82) is 0 Å². The van der Waals surface area contributed by atoms with E-state index < -0.39 is 5.97 Å². The molecular weight excluding hydrogens is 372 g/mol. The van der Waals surface area contributed by atoms with Crippen LogP contribution in [0.3, 0.4) is 0 Å². The smallest absolute Gasteiger partial charge is 0.340 e. The molecule has 0 saturated heterocycles. The van der Waals surface area contributed by atoms with E-state index in [0.717, 1.165) is 15.6 Å². The summed E-state index contributed by atoms with van der Waals surface area (Å²) in [7, 11) is 0. The van der Waals surface area contributed by atoms with E-state index >= 15 is 0 Å². The van der Waals surface area contributed by atoms with E-state index in [1.807, 2.05) is 48.5 Å². The van der Waals surface area contributed by atoms with Gasteiger partial charge in [0, 0.05) is 4.47 Å². The first-order valence-electron chi connectivity index (χ1n) is 7.41. The van der Waals surface area contributed by atoms with Crippen LogP contribution in [0.15, 0.2) is 65.1 Å². The first kappa shape index (κ1) is 16.3. The zero-order valence-electron chi connectivity index (χ0n) is 12.7. The highest BCUT2D eigenvalue weighted by atomic mass is 79.9. The average Bonchev–Trinajstić information content (AvgIpc) is 2.59. The minimum absolute atomic E-state index is 0.178. The molecule has 0 spiro atoms. The summed E-state index contributed by atoms with van der Waals surface area (Å²) in [4.78, 5) is 11.6. The minimum atomic E-state index is -1.00. The molecule has 0 bridgehead atoms. The summed E-state index contributed by atoms with van der Waals surface area (Å²) in [5.41, 5.74) is 0.178. The Hall–Kier alpha value is -2.53. The van der Waals surface area contributed by atoms with Gasteiger partial charge in [-0.15, -0.1) is 0 Å². The summed E-state index contributed by atoms with van der Waals surface area (Å²) < 4.78 is 12.2. The van der Waals surface area contributed by atoms with Gasteiger partial charge in [0.05, 0.1) is 0 Å². The second kappa shape index (κ2) is 7.36. The van der Waals surface area contributed by atoms with Crippen molar-refractivity contribution >= 4 is 32.7 Å². The number of carboxylic acid groups (broad SMARTS) is 1. The Bertz CT molecular complexity index is 859. The van der Waals surface area contributed by atoms with Crippen LogP contribution in [0.25, 0.3) is 10.8 Å². The van der Waals surface area contributed by atoms with Crippen LogP contribution in [0.5, 0.6) is 11.5 Å². The van der Waals surface area contributed by atoms with E-state index in [4.69, 9.17) is 9.47 Å². The van der Waals surface area contributed by atoms with Gasteiger partial charge in [-0.05, 0) is 41.1 Å². The van der Waals surface area contributed by atoms with Crippen LogP contribution >= 0.6 is 15.9 Å². The van der Waals surface area contributed by atoms with Crippen molar-refractivity contribution in [3.8, 4) is 11.5 Å². The van der Waals surface area contributed by atoms with Crippen LogP contribution in [0, 0.1) is 0 Å². The van der Waals surface area contributed by atoms with E-state index in [-0.39, 0.29) is 12.2 Å². The second-order valence-corrected chi connectivity index (χ2v) is 6.03. The molecule has 5 heteroatoms. The fourth-order valence-corrected chi connectivity index (χ4v) is 2.70. The summed E-state index contributed by atoms with van der Waals surface area (Å²) in [5.74, 6) is 0.0787. The topological polar surface area (TPSA) is 55.8 Å². The number of hydrogen-bond acceptors (Lipinski definition) is 3. The van der Waals surface area contributed by atoms with Crippen molar-refractivity contribution in [2.75, 3.05) is 13.2 Å². The fourth-order valence-electron chi connectivity index (χ4n) is 2.43. The molecule has 4 nitrogen and oxygen atoms in total. The Morgan fingerprint density at radius 3 is 2.38 bits per heavy atom. The molecule has 0 radical (unpaired) electrons. The van der Waals surface area contributed by atoms with Gasteiger partial charge in [0.2, 0.25) is 0 Å². The highest BCUT2D eigenvalue weighted by molar-refractivity contribution is 9.10. The van der Waals surface area contributed by atoms with E-state index in [2.05, 4.69) is 15.9 Å². The van der Waals surface area contributed by atoms with Crippen molar-refractivity contribution in [2.24, 2.45) is 0 Å². The minimum Gasteiger partial charge on any atom is -0.490 e. The van der Waals surface area contributed by atoms with Gasteiger partial charge in [0.1, 0.15) is 30.3 Å². The van der Waals surface area contributed by atoms with Crippen LogP contribution in [-0.4, -0.2) is 24.3 Å². The summed E-state index contributed by atoms with van der Waals surface area (Å²) >= 11 is 3.36. The molecule has 0 saturated carbocycles. The maximum absolute atomic E-state index is 11.6. The molecule has 1 N–H and O–H groups in total. The van der Waals surface area contributed by atoms with Gasteiger partial charge < -0.3 is 14.6 Å². The summed E-state index contributed by atoms with van der Waals surface area (Å²) in [5, 5.41) is 11.0. The van der Waals surface area contributed by atoms with Gasteiger partial charge in [-0.1, -0.05) is 46.3 Å². The lowest BCUT2D eigenvalue weighted by Gasteiger charge is -2.12. The number of hydrogen-bond donors (Lipinski definition) is 1. The van der Waals surface area contributed by atoms with Gasteiger partial charge in [-0.3, -0.25) is 0 Å². The zero-order valence-corrected chi connectivity index (χ0v) is 14.3. The lowest BCUT2D eigenvalue weighted by atomic mass is 10.0. The molecule has 3 aromatic carbocycles. The van der Waals surface area contributed by atoms with E-state index in [1.165, 1.54) is 0 Å². The zero-order chi connectivity index (χ0) is 16.9. The number of benzene rings is 3. The first-order chi connectivity index (χ1) is 11.6. The molecule has 3 aromatic rings. The van der Waals surface area contributed by atoms with Gasteiger partial charge in [0.25, 0.3) is 0 Å². The first-order valence-corrected chi connectivity index (χ1v) is 8.20. The van der Waals surface area contributed by atoms with Crippen molar-refractivity contribution in [1.82, 2.24) is 0 Å². The number of carboxylic acids is 1. The molecule has 3 rings (SSSR count). The Labute approximate surface area is 147 Å². The third-order valence-corrected chi connectivity index (χ3v) is 4.06. The molecule has 24 heavy (non-hydrogen) atoms. The number of ether oxygens (including phenoxy) is 2. The Morgan fingerprint density at radius 2 is 1.62 bits per heavy atom. The largest absolute Gasteiger partial charge is 0.490 e. The predicted octanol–water partition coefficient (Wildman–Crippen LogP) is 4.76. The monoisotopic (exact) mass is 386 g/mol. The summed E-state index contributed by atoms with van der Waals surface area (Å²) in [6.07, 6.45) is 0. The molecule has 0 heterocycles. The SMILES string of the molecule is O=C(O)c1c(OCCOc2ccc(Br)cc2)ccc2ccccc12. The molecule has 0 aliphatic heterocycles. The maximum Gasteiger partial charge on any atom is 0.340 e. The van der Waals surface area contributed by atoms with Crippen LogP contribution < -0.4 is 9.47 Å². The van der Waals surface area contributed by atoms with Crippen molar-refractivity contribution in [3.05, 3.63) is 70.7 Å². The number of fused-ring (bicyclic) bond motifs is 1. The quantitative estimate of drug-likeness (QED) is 0.620. The van der Waals surface area contributed by atoms with Gasteiger partial charge >= 0.3 is 5.97 Å². The normalized spacial score (nSPS) is 10.5. The molecule has 0 amide bonds. The number of aromatic carboxylic acids is 1. The Kier molecular flexibility index (Phi) is 5.01. The Balaban J connectivity index is 1.69. The molecule has 0 aliphatic carbocycles. The summed E-state index contributed by atoms with van der Waals surface area (Å²) in [6.45, 7) is 0.586. The van der Waals surface area contributed by atoms with Gasteiger partial charge in [0.15, 0.2) is 0 Å². The van der Waals surface area contributed by atoms with Crippen molar-refractivity contribution < 1.29 is 19.4 Å². The maximum atomic E-state index is 11.6. The van der Waals surface area contributed by atoms with Crippen molar-refractivity contribution in [2.45, 2.75) is 0 Å². The second-order valence-electron chi connectivity index (χ2n) is 5.12. The highest BCUT2D eigenvalue weighted by Crippen LogP contribution is 2.28. The predicted molar refractivity (Wildman–Crippen MR) is 96.0 cm³/mol. The third kappa shape index (κ3) is 3.68. The lowest BCUT2D eigenvalue weighted by Crippen LogP contribution is -2.11. The lowest BCUT2D eigenvalue weighted by molar-refractivity contribution is 0.0693. The van der Waals surface area contributed by atoms with Crippen LogP contribution in [0.1, 0.15) is 10.4 Å². The highest BCUT2D eigenvalue weighted by Gasteiger charge is 2.15.